The maximum atomic E-state index is 13.5. The highest BCUT2D eigenvalue weighted by Crippen LogP contribution is 2.40. The molecule has 2 unspecified atom stereocenters. The Kier molecular flexibility index (Phi) is 8.42. The third kappa shape index (κ3) is 6.27. The predicted octanol–water partition coefficient (Wildman–Crippen LogP) is 5.43. The molecule has 36 heavy (non-hydrogen) atoms. The number of nitro benzene ring substituents is 1. The third-order valence-electron chi connectivity index (χ3n) is 5.61. The first-order valence-electron chi connectivity index (χ1n) is 11.7. The number of nitrogens with zero attached hydrogens (tertiary/aromatic N) is 1. The minimum atomic E-state index is -0.907. The largest absolute Gasteiger partial charge is 0.460 e. The van der Waals surface area contributed by atoms with Crippen LogP contribution in [0.1, 0.15) is 51.7 Å². The van der Waals surface area contributed by atoms with Crippen LogP contribution in [0.4, 0.5) is 5.69 Å². The van der Waals surface area contributed by atoms with Gasteiger partial charge in [0.15, 0.2) is 0 Å². The zero-order valence-electron chi connectivity index (χ0n) is 21.0. The number of non-ortho nitro benzene ring substituents is 1. The van der Waals surface area contributed by atoms with Gasteiger partial charge in [-0.1, -0.05) is 48.5 Å². The Labute approximate surface area is 210 Å². The molecule has 188 valence electrons. The Morgan fingerprint density at radius 2 is 1.56 bits per heavy atom. The number of hydrogen-bond donors (Lipinski definition) is 1. The maximum Gasteiger partial charge on any atom is 0.337 e. The van der Waals surface area contributed by atoms with Crippen molar-refractivity contribution in [3.63, 3.8) is 0 Å². The zero-order valence-corrected chi connectivity index (χ0v) is 21.0. The highest BCUT2D eigenvalue weighted by atomic mass is 16.6. The van der Waals surface area contributed by atoms with Crippen molar-refractivity contribution in [2.45, 2.75) is 52.7 Å². The van der Waals surface area contributed by atoms with Crippen LogP contribution in [0.25, 0.3) is 6.08 Å². The summed E-state index contributed by atoms with van der Waals surface area (Å²) >= 11 is 0. The summed E-state index contributed by atoms with van der Waals surface area (Å²) in [5.41, 5.74) is 2.62. The van der Waals surface area contributed by atoms with Crippen molar-refractivity contribution >= 4 is 23.7 Å². The molecule has 0 saturated heterocycles. The predicted molar refractivity (Wildman–Crippen MR) is 137 cm³/mol. The van der Waals surface area contributed by atoms with Crippen molar-refractivity contribution in [2.75, 3.05) is 0 Å². The van der Waals surface area contributed by atoms with Crippen LogP contribution in [-0.4, -0.2) is 29.1 Å². The molecule has 8 nitrogen and oxygen atoms in total. The number of esters is 2. The molecule has 2 aromatic carbocycles. The van der Waals surface area contributed by atoms with E-state index in [1.807, 2.05) is 36.4 Å². The summed E-state index contributed by atoms with van der Waals surface area (Å²) in [6, 6.07) is 15.5. The summed E-state index contributed by atoms with van der Waals surface area (Å²) in [4.78, 5) is 37.5. The molecule has 1 aliphatic heterocycles. The van der Waals surface area contributed by atoms with Crippen molar-refractivity contribution in [2.24, 2.45) is 0 Å². The average molecular weight is 491 g/mol. The number of nitro groups is 1. The van der Waals surface area contributed by atoms with Gasteiger partial charge in [-0.3, -0.25) is 10.1 Å². The average Bonchev–Trinajstić information content (AvgIpc) is 2.82. The number of ether oxygens (including phenoxy) is 2. The van der Waals surface area contributed by atoms with Gasteiger partial charge in [0.05, 0.1) is 28.1 Å². The molecule has 0 saturated carbocycles. The summed E-state index contributed by atoms with van der Waals surface area (Å²) in [5, 5.41) is 14.5. The first-order valence-corrected chi connectivity index (χ1v) is 11.7. The lowest BCUT2D eigenvalue weighted by Crippen LogP contribution is -2.33. The van der Waals surface area contributed by atoms with Gasteiger partial charge in [-0.2, -0.15) is 0 Å². The summed E-state index contributed by atoms with van der Waals surface area (Å²) in [6.45, 7) is 8.60. The Balaban J connectivity index is 2.01. The molecular weight excluding hydrogens is 460 g/mol. The highest BCUT2D eigenvalue weighted by molar-refractivity contribution is 6.00. The van der Waals surface area contributed by atoms with Gasteiger partial charge in [-0.25, -0.2) is 9.59 Å². The van der Waals surface area contributed by atoms with Crippen LogP contribution in [0, 0.1) is 10.1 Å². The summed E-state index contributed by atoms with van der Waals surface area (Å²) in [5.74, 6) is -2.15. The van der Waals surface area contributed by atoms with Crippen molar-refractivity contribution in [3.05, 3.63) is 104 Å². The van der Waals surface area contributed by atoms with Crippen LogP contribution in [0.3, 0.4) is 0 Å². The van der Waals surface area contributed by atoms with Crippen molar-refractivity contribution in [3.8, 4) is 0 Å². The van der Waals surface area contributed by atoms with E-state index < -0.39 is 35.0 Å². The molecule has 8 heteroatoms. The zero-order chi connectivity index (χ0) is 26.4. The quantitative estimate of drug-likeness (QED) is 0.299. The Bertz CT molecular complexity index is 1240. The van der Waals surface area contributed by atoms with Gasteiger partial charge in [0, 0.05) is 23.5 Å². The minimum Gasteiger partial charge on any atom is -0.460 e. The number of carbonyl (C=O) groups excluding carboxylic acids is 2. The van der Waals surface area contributed by atoms with Crippen LogP contribution >= 0.6 is 0 Å². The Hall–Kier alpha value is -4.20. The second-order valence-corrected chi connectivity index (χ2v) is 8.82. The maximum absolute atomic E-state index is 13.5. The molecule has 0 fully saturated rings. The molecule has 1 heterocycles. The van der Waals surface area contributed by atoms with Gasteiger partial charge < -0.3 is 14.8 Å². The lowest BCUT2D eigenvalue weighted by molar-refractivity contribution is -0.384. The van der Waals surface area contributed by atoms with E-state index in [0.29, 0.717) is 17.0 Å². The van der Waals surface area contributed by atoms with E-state index in [0.717, 1.165) is 5.56 Å². The number of hydrogen-bond acceptors (Lipinski definition) is 7. The molecule has 2 aromatic rings. The van der Waals surface area contributed by atoms with Crippen molar-refractivity contribution in [1.82, 2.24) is 5.32 Å². The summed E-state index contributed by atoms with van der Waals surface area (Å²) < 4.78 is 11.2. The molecule has 0 amide bonds. The number of dihydropyridines is 1. The van der Waals surface area contributed by atoms with Crippen LogP contribution in [0.5, 0.6) is 0 Å². The number of allylic oxidation sites excluding steroid dienone is 2. The topological polar surface area (TPSA) is 108 Å². The molecule has 0 bridgehead atoms. The fraction of sp³-hybridized carbons (Fsp3) is 0.286. The van der Waals surface area contributed by atoms with Gasteiger partial charge in [0.1, 0.15) is 6.10 Å². The van der Waals surface area contributed by atoms with E-state index in [2.05, 4.69) is 5.32 Å². The van der Waals surface area contributed by atoms with Gasteiger partial charge in [0.2, 0.25) is 0 Å². The molecule has 1 N–H and O–H groups in total. The first-order chi connectivity index (χ1) is 17.1. The molecule has 0 aliphatic carbocycles. The van der Waals surface area contributed by atoms with E-state index in [4.69, 9.17) is 9.47 Å². The molecule has 0 aromatic heterocycles. The van der Waals surface area contributed by atoms with E-state index in [1.165, 1.54) is 18.2 Å². The fourth-order valence-electron chi connectivity index (χ4n) is 4.05. The molecule has 0 spiro atoms. The Morgan fingerprint density at radius 1 is 0.944 bits per heavy atom. The van der Waals surface area contributed by atoms with E-state index >= 15 is 0 Å². The SMILES string of the molecule is CC1=C(C(=O)OC(C)C)C(c2cccc([N+](=O)[O-])c2)C(C(=O)OC(C)C=Cc2ccccc2)=C(C)N1. The number of carbonyl (C=O) groups is 2. The molecule has 1 aliphatic rings. The van der Waals surface area contributed by atoms with E-state index in [1.54, 1.807) is 46.8 Å². The number of rotatable bonds is 8. The molecule has 3 rings (SSSR count). The van der Waals surface area contributed by atoms with E-state index in [9.17, 15) is 19.7 Å². The molecule has 0 radical (unpaired) electrons. The van der Waals surface area contributed by atoms with Gasteiger partial charge in [-0.15, -0.1) is 0 Å². The second-order valence-electron chi connectivity index (χ2n) is 8.82. The van der Waals surface area contributed by atoms with Crippen LogP contribution in [0.2, 0.25) is 0 Å². The standard InChI is InChI=1S/C28H30N2O6/c1-17(2)35-27(31)24-19(4)29-20(5)25(26(24)22-12-9-13-23(16-22)30(33)34)28(32)36-18(3)14-15-21-10-7-6-8-11-21/h6-18,26,29H,1-5H3. The monoisotopic (exact) mass is 490 g/mol. The molecule has 2 atom stereocenters. The van der Waals surface area contributed by atoms with Crippen LogP contribution in [0.15, 0.2) is 83.2 Å². The lowest BCUT2D eigenvalue weighted by Gasteiger charge is -2.31. The normalized spacial score (nSPS) is 16.7. The molecular formula is C28H30N2O6. The number of benzene rings is 2. The van der Waals surface area contributed by atoms with Gasteiger partial charge in [0.25, 0.3) is 5.69 Å². The fourth-order valence-corrected chi connectivity index (χ4v) is 4.05. The highest BCUT2D eigenvalue weighted by Gasteiger charge is 2.39. The van der Waals surface area contributed by atoms with E-state index in [-0.39, 0.29) is 16.8 Å². The smallest absolute Gasteiger partial charge is 0.337 e. The van der Waals surface area contributed by atoms with Gasteiger partial charge in [-0.05, 0) is 51.8 Å². The second kappa shape index (κ2) is 11.5. The summed E-state index contributed by atoms with van der Waals surface area (Å²) in [6.07, 6.45) is 2.65. The first kappa shape index (κ1) is 26.4. The van der Waals surface area contributed by atoms with Crippen LogP contribution < -0.4 is 5.32 Å². The number of nitrogens with one attached hydrogen (secondary N) is 1. The minimum absolute atomic E-state index is 0.148. The summed E-state index contributed by atoms with van der Waals surface area (Å²) in [7, 11) is 0. The van der Waals surface area contributed by atoms with Crippen LogP contribution in [-0.2, 0) is 19.1 Å². The Morgan fingerprint density at radius 3 is 2.14 bits per heavy atom. The lowest BCUT2D eigenvalue weighted by atomic mass is 9.80. The van der Waals surface area contributed by atoms with Gasteiger partial charge >= 0.3 is 11.9 Å². The van der Waals surface area contributed by atoms with Crippen molar-refractivity contribution in [1.29, 1.82) is 0 Å². The third-order valence-corrected chi connectivity index (χ3v) is 5.61. The van der Waals surface area contributed by atoms with Crippen molar-refractivity contribution < 1.29 is 24.0 Å².